The van der Waals surface area contributed by atoms with Crippen LogP contribution in [0.1, 0.15) is 25.3 Å². The molecule has 1 nitrogen and oxygen atoms in total. The van der Waals surface area contributed by atoms with Gasteiger partial charge in [-0.05, 0) is 42.4 Å². The first-order chi connectivity index (χ1) is 7.14. The molecule has 2 heteroatoms. The zero-order valence-corrected chi connectivity index (χ0v) is 10.1. The first-order valence-corrected chi connectivity index (χ1v) is 5.85. The Hall–Kier alpha value is -0.690. The van der Waals surface area contributed by atoms with Gasteiger partial charge in [0.15, 0.2) is 0 Å². The molecule has 1 aliphatic carbocycles. The van der Waals surface area contributed by atoms with E-state index in [1.807, 2.05) is 12.1 Å². The van der Waals surface area contributed by atoms with Crippen molar-refractivity contribution in [2.45, 2.75) is 31.6 Å². The summed E-state index contributed by atoms with van der Waals surface area (Å²) in [5.74, 6) is 0.923. The van der Waals surface area contributed by atoms with Crippen molar-refractivity contribution in [2.75, 3.05) is 7.11 Å². The SMILES string of the molecule is COc1ccc(CC[C@@]2(C)CC2Cl)cc1. The Morgan fingerprint density at radius 3 is 2.47 bits per heavy atom. The van der Waals surface area contributed by atoms with Crippen LogP contribution in [0.4, 0.5) is 0 Å². The molecule has 2 atom stereocenters. The van der Waals surface area contributed by atoms with E-state index in [1.54, 1.807) is 7.11 Å². The van der Waals surface area contributed by atoms with Crippen LogP contribution in [-0.2, 0) is 6.42 Å². The maximum absolute atomic E-state index is 6.09. The molecule has 1 aliphatic rings. The minimum Gasteiger partial charge on any atom is -0.497 e. The first kappa shape index (κ1) is 10.8. The smallest absolute Gasteiger partial charge is 0.118 e. The molecule has 82 valence electrons. The average Bonchev–Trinajstić information content (AvgIpc) is 2.85. The second-order valence-electron chi connectivity index (χ2n) is 4.67. The highest BCUT2D eigenvalue weighted by atomic mass is 35.5. The molecule has 1 unspecified atom stereocenters. The van der Waals surface area contributed by atoms with E-state index in [-0.39, 0.29) is 0 Å². The molecule has 0 heterocycles. The van der Waals surface area contributed by atoms with E-state index >= 15 is 0 Å². The Morgan fingerprint density at radius 2 is 2.00 bits per heavy atom. The fraction of sp³-hybridized carbons (Fsp3) is 0.538. The Kier molecular flexibility index (Phi) is 2.92. The summed E-state index contributed by atoms with van der Waals surface area (Å²) in [7, 11) is 1.69. The van der Waals surface area contributed by atoms with Crippen LogP contribution in [-0.4, -0.2) is 12.5 Å². The van der Waals surface area contributed by atoms with Gasteiger partial charge in [0.1, 0.15) is 5.75 Å². The fourth-order valence-electron chi connectivity index (χ4n) is 1.83. The molecule has 1 saturated carbocycles. The molecule has 1 aromatic rings. The van der Waals surface area contributed by atoms with Gasteiger partial charge in [0.05, 0.1) is 7.11 Å². The summed E-state index contributed by atoms with van der Waals surface area (Å²) in [6, 6.07) is 8.30. The lowest BCUT2D eigenvalue weighted by Gasteiger charge is -2.08. The van der Waals surface area contributed by atoms with Gasteiger partial charge in [-0.3, -0.25) is 0 Å². The topological polar surface area (TPSA) is 9.23 Å². The number of ether oxygens (including phenoxy) is 1. The third-order valence-electron chi connectivity index (χ3n) is 3.39. The van der Waals surface area contributed by atoms with Crippen LogP contribution in [0.5, 0.6) is 5.75 Å². The summed E-state index contributed by atoms with van der Waals surface area (Å²) in [5, 5.41) is 0.399. The molecule has 0 spiro atoms. The molecule has 1 aromatic carbocycles. The van der Waals surface area contributed by atoms with E-state index in [2.05, 4.69) is 19.1 Å². The van der Waals surface area contributed by atoms with Crippen LogP contribution in [0.15, 0.2) is 24.3 Å². The van der Waals surface area contributed by atoms with E-state index in [1.165, 1.54) is 18.4 Å². The van der Waals surface area contributed by atoms with Gasteiger partial charge >= 0.3 is 0 Å². The normalized spacial score (nSPS) is 28.9. The molecule has 0 bridgehead atoms. The van der Waals surface area contributed by atoms with Crippen molar-refractivity contribution >= 4 is 11.6 Å². The molecular formula is C13H17ClO. The predicted octanol–water partition coefficient (Wildman–Crippen LogP) is 3.65. The molecule has 0 saturated heterocycles. The lowest BCUT2D eigenvalue weighted by Crippen LogP contribution is -2.00. The van der Waals surface area contributed by atoms with Gasteiger partial charge in [-0.25, -0.2) is 0 Å². The maximum Gasteiger partial charge on any atom is 0.118 e. The number of hydrogen-bond donors (Lipinski definition) is 0. The van der Waals surface area contributed by atoms with E-state index in [0.29, 0.717) is 10.8 Å². The fourth-order valence-corrected chi connectivity index (χ4v) is 2.29. The zero-order chi connectivity index (χ0) is 10.9. The van der Waals surface area contributed by atoms with Crippen LogP contribution < -0.4 is 4.74 Å². The molecule has 0 radical (unpaired) electrons. The first-order valence-electron chi connectivity index (χ1n) is 5.41. The van der Waals surface area contributed by atoms with E-state index in [0.717, 1.165) is 12.2 Å². The van der Waals surface area contributed by atoms with E-state index in [9.17, 15) is 0 Å². The molecule has 15 heavy (non-hydrogen) atoms. The predicted molar refractivity (Wildman–Crippen MR) is 63.7 cm³/mol. The molecule has 0 amide bonds. The van der Waals surface area contributed by atoms with Crippen molar-refractivity contribution in [1.29, 1.82) is 0 Å². The molecule has 0 aliphatic heterocycles. The quantitative estimate of drug-likeness (QED) is 0.710. The van der Waals surface area contributed by atoms with Crippen molar-refractivity contribution in [1.82, 2.24) is 0 Å². The molecule has 1 fully saturated rings. The van der Waals surface area contributed by atoms with Gasteiger partial charge in [0.2, 0.25) is 0 Å². The number of benzene rings is 1. The number of halogens is 1. The molecular weight excluding hydrogens is 208 g/mol. The molecule has 0 aromatic heterocycles. The summed E-state index contributed by atoms with van der Waals surface area (Å²) in [4.78, 5) is 0. The van der Waals surface area contributed by atoms with Gasteiger partial charge in [-0.15, -0.1) is 11.6 Å². The van der Waals surface area contributed by atoms with Crippen LogP contribution in [0.2, 0.25) is 0 Å². The summed E-state index contributed by atoms with van der Waals surface area (Å²) in [6.45, 7) is 2.27. The Morgan fingerprint density at radius 1 is 1.40 bits per heavy atom. The second kappa shape index (κ2) is 4.05. The van der Waals surface area contributed by atoms with E-state index in [4.69, 9.17) is 16.3 Å². The van der Waals surface area contributed by atoms with Gasteiger partial charge in [0.25, 0.3) is 0 Å². The van der Waals surface area contributed by atoms with Gasteiger partial charge in [-0.1, -0.05) is 19.1 Å². The zero-order valence-electron chi connectivity index (χ0n) is 9.29. The number of aryl methyl sites for hydroxylation is 1. The lowest BCUT2D eigenvalue weighted by atomic mass is 9.99. The number of methoxy groups -OCH3 is 1. The Labute approximate surface area is 96.4 Å². The molecule has 0 N–H and O–H groups in total. The monoisotopic (exact) mass is 224 g/mol. The van der Waals surface area contributed by atoms with Crippen molar-refractivity contribution in [3.63, 3.8) is 0 Å². The summed E-state index contributed by atoms with van der Waals surface area (Å²) < 4.78 is 5.12. The minimum absolute atomic E-state index is 0.390. The van der Waals surface area contributed by atoms with Crippen LogP contribution in [0, 0.1) is 5.41 Å². The Balaban J connectivity index is 1.88. The number of rotatable bonds is 4. The van der Waals surface area contributed by atoms with E-state index < -0.39 is 0 Å². The second-order valence-corrected chi connectivity index (χ2v) is 5.20. The van der Waals surface area contributed by atoms with Crippen LogP contribution >= 0.6 is 11.6 Å². The van der Waals surface area contributed by atoms with Gasteiger partial charge in [-0.2, -0.15) is 0 Å². The average molecular weight is 225 g/mol. The minimum atomic E-state index is 0.390. The summed E-state index contributed by atoms with van der Waals surface area (Å²) in [5.41, 5.74) is 1.76. The molecule has 2 rings (SSSR count). The van der Waals surface area contributed by atoms with Crippen molar-refractivity contribution < 1.29 is 4.74 Å². The number of alkyl halides is 1. The third kappa shape index (κ3) is 2.46. The maximum atomic E-state index is 6.09. The summed E-state index contributed by atoms with van der Waals surface area (Å²) >= 11 is 6.09. The highest BCUT2D eigenvalue weighted by Gasteiger charge is 2.47. The van der Waals surface area contributed by atoms with Gasteiger partial charge in [0, 0.05) is 5.38 Å². The lowest BCUT2D eigenvalue weighted by molar-refractivity contribution is 0.414. The van der Waals surface area contributed by atoms with Gasteiger partial charge < -0.3 is 4.74 Å². The summed E-state index contributed by atoms with van der Waals surface area (Å²) in [6.07, 6.45) is 3.47. The third-order valence-corrected chi connectivity index (χ3v) is 4.07. The standard InChI is InChI=1S/C13H17ClO/c1-13(9-12(13)14)8-7-10-3-5-11(15-2)6-4-10/h3-6,12H,7-9H2,1-2H3/t12?,13-/m0/s1. The van der Waals surface area contributed by atoms with Crippen molar-refractivity contribution in [3.05, 3.63) is 29.8 Å². The van der Waals surface area contributed by atoms with Crippen LogP contribution in [0.3, 0.4) is 0 Å². The van der Waals surface area contributed by atoms with Crippen molar-refractivity contribution in [2.24, 2.45) is 5.41 Å². The Bertz CT molecular complexity index is 333. The number of hydrogen-bond acceptors (Lipinski definition) is 1. The van der Waals surface area contributed by atoms with Crippen LogP contribution in [0.25, 0.3) is 0 Å². The largest absolute Gasteiger partial charge is 0.497 e. The highest BCUT2D eigenvalue weighted by Crippen LogP contribution is 2.53. The van der Waals surface area contributed by atoms with Crippen molar-refractivity contribution in [3.8, 4) is 5.75 Å². The highest BCUT2D eigenvalue weighted by molar-refractivity contribution is 6.23.